The first kappa shape index (κ1) is 13.5. The number of nitrogens with two attached hydrogens (primary N) is 1. The summed E-state index contributed by atoms with van der Waals surface area (Å²) < 4.78 is 37.1. The van der Waals surface area contributed by atoms with Gasteiger partial charge in [-0.1, -0.05) is 6.07 Å². The van der Waals surface area contributed by atoms with Crippen molar-refractivity contribution in [3.8, 4) is 6.07 Å². The molecule has 5 nitrogen and oxygen atoms in total. The van der Waals surface area contributed by atoms with E-state index in [1.807, 2.05) is 0 Å². The fraction of sp³-hybridized carbons (Fsp3) is 0.100. The first-order chi connectivity index (χ1) is 8.34. The van der Waals surface area contributed by atoms with Crippen LogP contribution in [0.4, 0.5) is 18.9 Å². The summed E-state index contributed by atoms with van der Waals surface area (Å²) in [5.74, 6) is -1.07. The number of carbonyl (C=O) groups excluding carboxylic acids is 1. The van der Waals surface area contributed by atoms with Crippen LogP contribution in [0.5, 0.6) is 0 Å². The van der Waals surface area contributed by atoms with Gasteiger partial charge >= 0.3 is 6.18 Å². The van der Waals surface area contributed by atoms with E-state index in [1.165, 1.54) is 12.1 Å². The average Bonchev–Trinajstić information content (AvgIpc) is 2.28. The molecule has 0 bridgehead atoms. The minimum atomic E-state index is -4.48. The number of nitrogens with zero attached hydrogens (tertiary/aromatic N) is 2. The summed E-state index contributed by atoms with van der Waals surface area (Å²) in [7, 11) is 0. The Bertz CT molecular complexity index is 531. The number of hydrazone groups is 1. The molecule has 1 aromatic carbocycles. The lowest BCUT2D eigenvalue weighted by Crippen LogP contribution is -2.22. The molecular formula is C10H7F3N4O. The monoisotopic (exact) mass is 256 g/mol. The Labute approximate surface area is 99.7 Å². The van der Waals surface area contributed by atoms with Crippen molar-refractivity contribution in [3.63, 3.8) is 0 Å². The van der Waals surface area contributed by atoms with Crippen LogP contribution in [0.3, 0.4) is 0 Å². The summed E-state index contributed by atoms with van der Waals surface area (Å²) >= 11 is 0. The lowest BCUT2D eigenvalue weighted by molar-refractivity contribution is -0.137. The third-order valence-corrected chi connectivity index (χ3v) is 1.83. The van der Waals surface area contributed by atoms with Crippen molar-refractivity contribution in [1.29, 1.82) is 5.26 Å². The van der Waals surface area contributed by atoms with Gasteiger partial charge in [-0.3, -0.25) is 10.2 Å². The van der Waals surface area contributed by atoms with Crippen molar-refractivity contribution in [2.45, 2.75) is 6.18 Å². The second-order valence-corrected chi connectivity index (χ2v) is 3.13. The van der Waals surface area contributed by atoms with Crippen LogP contribution < -0.4 is 11.2 Å². The molecule has 94 valence electrons. The number of hydrogen-bond donors (Lipinski definition) is 2. The Kier molecular flexibility index (Phi) is 3.89. The standard InChI is InChI=1S/C10H7F3N4O/c11-10(12,13)6-2-1-3-7(4-6)16-17-8(5-14)9(15)18/h1-4,16H,(H2,15,18). The van der Waals surface area contributed by atoms with Crippen LogP contribution in [0.25, 0.3) is 0 Å². The van der Waals surface area contributed by atoms with Gasteiger partial charge in [0.05, 0.1) is 11.3 Å². The van der Waals surface area contributed by atoms with Crippen LogP contribution in [0, 0.1) is 11.3 Å². The molecule has 8 heteroatoms. The first-order valence-corrected chi connectivity index (χ1v) is 4.55. The maximum absolute atomic E-state index is 12.4. The number of alkyl halides is 3. The molecule has 0 saturated carbocycles. The molecule has 0 fully saturated rings. The molecule has 0 unspecified atom stereocenters. The van der Waals surface area contributed by atoms with E-state index < -0.39 is 23.4 Å². The summed E-state index contributed by atoms with van der Waals surface area (Å²) in [6.07, 6.45) is -4.48. The van der Waals surface area contributed by atoms with Gasteiger partial charge in [0.25, 0.3) is 5.91 Å². The van der Waals surface area contributed by atoms with Crippen molar-refractivity contribution in [2.24, 2.45) is 10.8 Å². The molecule has 1 amide bonds. The molecular weight excluding hydrogens is 249 g/mol. The van der Waals surface area contributed by atoms with E-state index >= 15 is 0 Å². The molecule has 0 aliphatic rings. The smallest absolute Gasteiger partial charge is 0.364 e. The van der Waals surface area contributed by atoms with Gasteiger partial charge < -0.3 is 5.73 Å². The van der Waals surface area contributed by atoms with E-state index in [4.69, 9.17) is 11.0 Å². The van der Waals surface area contributed by atoms with Crippen LogP contribution >= 0.6 is 0 Å². The van der Waals surface area contributed by atoms with Gasteiger partial charge in [0.15, 0.2) is 0 Å². The van der Waals surface area contributed by atoms with Gasteiger partial charge in [-0.2, -0.15) is 23.5 Å². The van der Waals surface area contributed by atoms with Gasteiger partial charge in [-0.15, -0.1) is 0 Å². The van der Waals surface area contributed by atoms with Crippen LogP contribution in [0.1, 0.15) is 5.56 Å². The zero-order valence-corrected chi connectivity index (χ0v) is 8.82. The number of anilines is 1. The third-order valence-electron chi connectivity index (χ3n) is 1.83. The normalized spacial score (nSPS) is 11.8. The highest BCUT2D eigenvalue weighted by Crippen LogP contribution is 2.30. The van der Waals surface area contributed by atoms with Crippen molar-refractivity contribution in [3.05, 3.63) is 29.8 Å². The Morgan fingerprint density at radius 3 is 2.61 bits per heavy atom. The molecule has 1 aromatic rings. The Morgan fingerprint density at radius 2 is 2.11 bits per heavy atom. The van der Waals surface area contributed by atoms with Gasteiger partial charge in [0.1, 0.15) is 6.07 Å². The summed E-state index contributed by atoms with van der Waals surface area (Å²) in [6.45, 7) is 0. The van der Waals surface area contributed by atoms with E-state index in [2.05, 4.69) is 10.5 Å². The second kappa shape index (κ2) is 5.18. The van der Waals surface area contributed by atoms with E-state index in [0.29, 0.717) is 0 Å². The van der Waals surface area contributed by atoms with Crippen LogP contribution in [0.15, 0.2) is 29.4 Å². The second-order valence-electron chi connectivity index (χ2n) is 3.13. The predicted molar refractivity (Wildman–Crippen MR) is 57.3 cm³/mol. The van der Waals surface area contributed by atoms with Crippen molar-refractivity contribution in [1.82, 2.24) is 0 Å². The highest BCUT2D eigenvalue weighted by molar-refractivity contribution is 6.44. The van der Waals surface area contributed by atoms with Gasteiger partial charge in [0, 0.05) is 0 Å². The molecule has 18 heavy (non-hydrogen) atoms. The summed E-state index contributed by atoms with van der Waals surface area (Å²) in [5.41, 5.74) is 5.43. The molecule has 1 rings (SSSR count). The van der Waals surface area contributed by atoms with Gasteiger partial charge in [-0.05, 0) is 18.2 Å². The largest absolute Gasteiger partial charge is 0.416 e. The third kappa shape index (κ3) is 3.48. The van der Waals surface area contributed by atoms with Crippen molar-refractivity contribution in [2.75, 3.05) is 5.43 Å². The number of benzene rings is 1. The van der Waals surface area contributed by atoms with Gasteiger partial charge in [-0.25, -0.2) is 0 Å². The molecule has 0 saturated heterocycles. The number of hydrogen-bond acceptors (Lipinski definition) is 4. The Morgan fingerprint density at radius 1 is 1.44 bits per heavy atom. The van der Waals surface area contributed by atoms with Gasteiger partial charge in [0.2, 0.25) is 5.71 Å². The maximum Gasteiger partial charge on any atom is 0.416 e. The lowest BCUT2D eigenvalue weighted by atomic mass is 10.2. The Balaban J connectivity index is 2.94. The van der Waals surface area contributed by atoms with E-state index in [0.717, 1.165) is 18.2 Å². The van der Waals surface area contributed by atoms with E-state index in [9.17, 15) is 18.0 Å². The van der Waals surface area contributed by atoms with Crippen molar-refractivity contribution >= 4 is 17.3 Å². The quantitative estimate of drug-likeness (QED) is 0.633. The van der Waals surface area contributed by atoms with Crippen LogP contribution in [-0.4, -0.2) is 11.6 Å². The topological polar surface area (TPSA) is 91.3 Å². The highest BCUT2D eigenvalue weighted by Gasteiger charge is 2.30. The molecule has 3 N–H and O–H groups in total. The number of nitrogens with one attached hydrogen (secondary N) is 1. The summed E-state index contributed by atoms with van der Waals surface area (Å²) in [5, 5.41) is 11.8. The summed E-state index contributed by atoms with van der Waals surface area (Å²) in [4.78, 5) is 10.6. The molecule has 0 radical (unpaired) electrons. The number of rotatable bonds is 3. The maximum atomic E-state index is 12.4. The number of carbonyl (C=O) groups is 1. The van der Waals surface area contributed by atoms with E-state index in [-0.39, 0.29) is 5.69 Å². The molecule has 0 spiro atoms. The summed E-state index contributed by atoms with van der Waals surface area (Å²) in [6, 6.07) is 5.55. The minimum absolute atomic E-state index is 0.0150. The van der Waals surface area contributed by atoms with Crippen LogP contribution in [0.2, 0.25) is 0 Å². The zero-order chi connectivity index (χ0) is 13.8. The molecule has 0 heterocycles. The first-order valence-electron chi connectivity index (χ1n) is 4.55. The molecule has 0 atom stereocenters. The lowest BCUT2D eigenvalue weighted by Gasteiger charge is -2.08. The number of halogens is 3. The number of amides is 1. The molecule has 0 aliphatic heterocycles. The molecule has 0 aliphatic carbocycles. The number of primary amides is 1. The fourth-order valence-corrected chi connectivity index (χ4v) is 1.02. The minimum Gasteiger partial charge on any atom is -0.364 e. The molecule has 0 aromatic heterocycles. The average molecular weight is 256 g/mol. The zero-order valence-electron chi connectivity index (χ0n) is 8.82. The highest BCUT2D eigenvalue weighted by atomic mass is 19.4. The SMILES string of the molecule is N#CC(=NNc1cccc(C(F)(F)F)c1)C(N)=O. The Hall–Kier alpha value is -2.56. The van der Waals surface area contributed by atoms with Crippen molar-refractivity contribution < 1.29 is 18.0 Å². The number of nitriles is 1. The predicted octanol–water partition coefficient (Wildman–Crippen LogP) is 1.48. The van der Waals surface area contributed by atoms with Crippen LogP contribution in [-0.2, 0) is 11.0 Å². The van der Waals surface area contributed by atoms with E-state index in [1.54, 1.807) is 0 Å². The fourth-order valence-electron chi connectivity index (χ4n) is 1.02.